The largest absolute Gasteiger partial charge is 0.472 e. The monoisotopic (exact) mass is 379 g/mol. The molecule has 1 aromatic heterocycles. The van der Waals surface area contributed by atoms with Crippen LogP contribution in [-0.4, -0.2) is 74.1 Å². The molecule has 0 aliphatic carbocycles. The Hall–Kier alpha value is -1.86. The summed E-state index contributed by atoms with van der Waals surface area (Å²) in [6.45, 7) is 8.09. The molecular formula is C20H33N3O4. The summed E-state index contributed by atoms with van der Waals surface area (Å²) in [5, 5.41) is 2.96. The summed E-state index contributed by atoms with van der Waals surface area (Å²) < 4.78 is 10.3. The number of unbranched alkanes of at least 4 members (excludes halogenated alkanes) is 3. The molecule has 1 saturated heterocycles. The van der Waals surface area contributed by atoms with Crippen LogP contribution in [0.3, 0.4) is 0 Å². The van der Waals surface area contributed by atoms with Crippen molar-refractivity contribution in [2.45, 2.75) is 39.0 Å². The molecule has 27 heavy (non-hydrogen) atoms. The first-order valence-electron chi connectivity index (χ1n) is 10.1. The highest BCUT2D eigenvalue weighted by molar-refractivity contribution is 5.94. The predicted octanol–water partition coefficient (Wildman–Crippen LogP) is 2.14. The summed E-state index contributed by atoms with van der Waals surface area (Å²) in [6.07, 6.45) is 7.65. The van der Waals surface area contributed by atoms with E-state index in [0.717, 1.165) is 58.5 Å². The molecule has 0 saturated carbocycles. The van der Waals surface area contributed by atoms with Crippen molar-refractivity contribution < 1.29 is 18.7 Å². The van der Waals surface area contributed by atoms with Crippen molar-refractivity contribution in [1.82, 2.24) is 15.1 Å². The Balaban J connectivity index is 1.72. The van der Waals surface area contributed by atoms with Gasteiger partial charge in [0.25, 0.3) is 5.91 Å². The zero-order chi connectivity index (χ0) is 19.3. The third-order valence-electron chi connectivity index (χ3n) is 4.80. The summed E-state index contributed by atoms with van der Waals surface area (Å²) in [5.41, 5.74) is 0.540. The number of ether oxygens (including phenoxy) is 1. The van der Waals surface area contributed by atoms with Crippen molar-refractivity contribution >= 4 is 11.8 Å². The second kappa shape index (κ2) is 12.5. The second-order valence-electron chi connectivity index (χ2n) is 6.92. The number of hydrogen-bond donors (Lipinski definition) is 1. The maximum Gasteiger partial charge on any atom is 0.257 e. The fraction of sp³-hybridized carbons (Fsp3) is 0.700. The average Bonchev–Trinajstić information content (AvgIpc) is 3.22. The first-order valence-corrected chi connectivity index (χ1v) is 10.1. The van der Waals surface area contributed by atoms with E-state index in [-0.39, 0.29) is 11.8 Å². The summed E-state index contributed by atoms with van der Waals surface area (Å²) in [6, 6.07) is 1.67. The lowest BCUT2D eigenvalue weighted by atomic mass is 10.2. The molecule has 7 nitrogen and oxygen atoms in total. The zero-order valence-corrected chi connectivity index (χ0v) is 16.5. The Kier molecular flexibility index (Phi) is 9.94. The van der Waals surface area contributed by atoms with E-state index in [1.807, 2.05) is 0 Å². The van der Waals surface area contributed by atoms with Gasteiger partial charge in [0.05, 0.1) is 25.0 Å². The van der Waals surface area contributed by atoms with Crippen LogP contribution in [0.15, 0.2) is 23.0 Å². The van der Waals surface area contributed by atoms with Gasteiger partial charge in [-0.05, 0) is 12.5 Å². The van der Waals surface area contributed by atoms with Crippen LogP contribution in [-0.2, 0) is 9.53 Å². The van der Waals surface area contributed by atoms with Gasteiger partial charge < -0.3 is 19.4 Å². The van der Waals surface area contributed by atoms with E-state index < -0.39 is 0 Å². The van der Waals surface area contributed by atoms with Gasteiger partial charge in [-0.3, -0.25) is 14.5 Å². The first kappa shape index (κ1) is 21.4. The van der Waals surface area contributed by atoms with Crippen molar-refractivity contribution in [3.05, 3.63) is 24.2 Å². The SMILES string of the molecule is CCCCCCN(CCC(=O)NCCN1CCOCC1)C(=O)c1ccoc1. The maximum absolute atomic E-state index is 12.6. The molecule has 1 fully saturated rings. The minimum Gasteiger partial charge on any atom is -0.472 e. The molecule has 0 atom stereocenters. The number of nitrogens with one attached hydrogen (secondary N) is 1. The molecule has 0 spiro atoms. The highest BCUT2D eigenvalue weighted by atomic mass is 16.5. The van der Waals surface area contributed by atoms with Crippen LogP contribution in [0.1, 0.15) is 49.4 Å². The molecule has 2 amide bonds. The van der Waals surface area contributed by atoms with Crippen LogP contribution in [0.2, 0.25) is 0 Å². The zero-order valence-electron chi connectivity index (χ0n) is 16.5. The standard InChI is InChI=1S/C20H33N3O4/c1-2-3-4-5-9-23(20(25)18-7-14-27-17-18)10-6-19(24)21-8-11-22-12-15-26-16-13-22/h7,14,17H,2-6,8-13,15-16H2,1H3,(H,21,24). The topological polar surface area (TPSA) is 75.0 Å². The van der Waals surface area contributed by atoms with E-state index in [2.05, 4.69) is 17.1 Å². The Labute approximate surface area is 162 Å². The highest BCUT2D eigenvalue weighted by Crippen LogP contribution is 2.09. The first-order chi connectivity index (χ1) is 13.2. The van der Waals surface area contributed by atoms with Crippen LogP contribution in [0.4, 0.5) is 0 Å². The number of furan rings is 1. The highest BCUT2D eigenvalue weighted by Gasteiger charge is 2.18. The van der Waals surface area contributed by atoms with Gasteiger partial charge in [-0.2, -0.15) is 0 Å². The van der Waals surface area contributed by atoms with Crippen molar-refractivity contribution in [3.63, 3.8) is 0 Å². The van der Waals surface area contributed by atoms with E-state index in [1.165, 1.54) is 12.5 Å². The lowest BCUT2D eigenvalue weighted by molar-refractivity contribution is -0.121. The number of hydrogen-bond acceptors (Lipinski definition) is 5. The lowest BCUT2D eigenvalue weighted by Gasteiger charge is -2.26. The number of morpholine rings is 1. The van der Waals surface area contributed by atoms with E-state index in [9.17, 15) is 9.59 Å². The number of carbonyl (C=O) groups is 2. The number of amides is 2. The molecule has 0 aromatic carbocycles. The van der Waals surface area contributed by atoms with Gasteiger partial charge in [-0.25, -0.2) is 0 Å². The lowest BCUT2D eigenvalue weighted by Crippen LogP contribution is -2.42. The molecule has 0 radical (unpaired) electrons. The van der Waals surface area contributed by atoms with E-state index >= 15 is 0 Å². The van der Waals surface area contributed by atoms with Crippen molar-refractivity contribution in [1.29, 1.82) is 0 Å². The molecule has 7 heteroatoms. The minimum absolute atomic E-state index is 0.0122. The van der Waals surface area contributed by atoms with E-state index in [0.29, 0.717) is 31.6 Å². The average molecular weight is 380 g/mol. The summed E-state index contributed by atoms with van der Waals surface area (Å²) >= 11 is 0. The van der Waals surface area contributed by atoms with E-state index in [4.69, 9.17) is 9.15 Å². The number of nitrogens with zero attached hydrogens (tertiary/aromatic N) is 2. The molecule has 2 heterocycles. The number of rotatable bonds is 12. The second-order valence-corrected chi connectivity index (χ2v) is 6.92. The van der Waals surface area contributed by atoms with Crippen LogP contribution in [0, 0.1) is 0 Å². The van der Waals surface area contributed by atoms with Gasteiger partial charge in [-0.15, -0.1) is 0 Å². The molecule has 2 rings (SSSR count). The van der Waals surface area contributed by atoms with Gasteiger partial charge in [0.15, 0.2) is 0 Å². The Bertz CT molecular complexity index is 541. The summed E-state index contributed by atoms with van der Waals surface area (Å²) in [5.74, 6) is -0.0804. The fourth-order valence-corrected chi connectivity index (χ4v) is 3.12. The molecule has 1 aliphatic heterocycles. The Morgan fingerprint density at radius 2 is 2.00 bits per heavy atom. The van der Waals surface area contributed by atoms with Crippen molar-refractivity contribution in [2.75, 3.05) is 52.5 Å². The smallest absolute Gasteiger partial charge is 0.257 e. The maximum atomic E-state index is 12.6. The normalized spacial score (nSPS) is 14.9. The van der Waals surface area contributed by atoms with Gasteiger partial charge in [0.2, 0.25) is 5.91 Å². The molecule has 0 bridgehead atoms. The van der Waals surface area contributed by atoms with E-state index in [1.54, 1.807) is 11.0 Å². The van der Waals surface area contributed by atoms with Crippen LogP contribution in [0.5, 0.6) is 0 Å². The van der Waals surface area contributed by atoms with Crippen molar-refractivity contribution in [2.24, 2.45) is 0 Å². The van der Waals surface area contributed by atoms with Crippen LogP contribution in [0.25, 0.3) is 0 Å². The van der Waals surface area contributed by atoms with Gasteiger partial charge in [-0.1, -0.05) is 26.2 Å². The van der Waals surface area contributed by atoms with Crippen LogP contribution < -0.4 is 5.32 Å². The Morgan fingerprint density at radius 3 is 2.70 bits per heavy atom. The van der Waals surface area contributed by atoms with Crippen LogP contribution >= 0.6 is 0 Å². The summed E-state index contributed by atoms with van der Waals surface area (Å²) in [7, 11) is 0. The van der Waals surface area contributed by atoms with Gasteiger partial charge in [0, 0.05) is 45.7 Å². The quantitative estimate of drug-likeness (QED) is 0.563. The molecule has 1 aromatic rings. The molecule has 1 aliphatic rings. The van der Waals surface area contributed by atoms with Crippen molar-refractivity contribution in [3.8, 4) is 0 Å². The third kappa shape index (κ3) is 8.13. The van der Waals surface area contributed by atoms with Gasteiger partial charge in [0.1, 0.15) is 6.26 Å². The molecular weight excluding hydrogens is 346 g/mol. The predicted molar refractivity (Wildman–Crippen MR) is 104 cm³/mol. The minimum atomic E-state index is -0.0682. The number of carbonyl (C=O) groups excluding carboxylic acids is 2. The van der Waals surface area contributed by atoms with Gasteiger partial charge >= 0.3 is 0 Å². The third-order valence-corrected chi connectivity index (χ3v) is 4.80. The summed E-state index contributed by atoms with van der Waals surface area (Å²) in [4.78, 5) is 28.8. The molecule has 0 unspecified atom stereocenters. The Morgan fingerprint density at radius 1 is 1.19 bits per heavy atom. The fourth-order valence-electron chi connectivity index (χ4n) is 3.12. The molecule has 1 N–H and O–H groups in total. The molecule has 152 valence electrons.